The molecule has 186 valence electrons. The highest BCUT2D eigenvalue weighted by Crippen LogP contribution is 2.28. The van der Waals surface area contributed by atoms with Crippen LogP contribution in [0.5, 0.6) is 0 Å². The summed E-state index contributed by atoms with van der Waals surface area (Å²) >= 11 is 13.4. The first-order valence-corrected chi connectivity index (χ1v) is 13.6. The van der Waals surface area contributed by atoms with E-state index >= 15 is 0 Å². The molecular formula is C24H33Cl2N5O2S. The molecule has 2 N–H and O–H groups in total. The molecule has 1 fully saturated rings. The van der Waals surface area contributed by atoms with Crippen molar-refractivity contribution < 1.29 is 9.59 Å². The second-order valence-electron chi connectivity index (χ2n) is 9.13. The van der Waals surface area contributed by atoms with Crippen molar-refractivity contribution in [3.8, 4) is 0 Å². The number of carbonyl (C=O) groups is 2. The van der Waals surface area contributed by atoms with Crippen molar-refractivity contribution in [2.45, 2.75) is 77.2 Å². The molecule has 0 aliphatic heterocycles. The Balaban J connectivity index is 1.69. The van der Waals surface area contributed by atoms with E-state index in [-0.39, 0.29) is 35.6 Å². The average Bonchev–Trinajstić information content (AvgIpc) is 3.21. The number of thioether (sulfide) groups is 1. The first kappa shape index (κ1) is 26.8. The van der Waals surface area contributed by atoms with Gasteiger partial charge in [-0.3, -0.25) is 9.59 Å². The minimum atomic E-state index is -0.360. The number of rotatable bonds is 9. The highest BCUT2D eigenvalue weighted by atomic mass is 35.5. The maximum Gasteiger partial charge on any atom is 0.251 e. The molecule has 0 spiro atoms. The lowest BCUT2D eigenvalue weighted by Gasteiger charge is -2.29. The van der Waals surface area contributed by atoms with Crippen molar-refractivity contribution >= 4 is 46.8 Å². The van der Waals surface area contributed by atoms with Crippen LogP contribution in [0.15, 0.2) is 23.4 Å². The van der Waals surface area contributed by atoms with Gasteiger partial charge in [0, 0.05) is 18.2 Å². The molecule has 10 heteroatoms. The molecule has 1 aliphatic carbocycles. The summed E-state index contributed by atoms with van der Waals surface area (Å²) in [6.45, 7) is 8.85. The van der Waals surface area contributed by atoms with Crippen LogP contribution in [0, 0.1) is 11.8 Å². The summed E-state index contributed by atoms with van der Waals surface area (Å²) in [6, 6.07) is 4.68. The molecule has 0 unspecified atom stereocenters. The fourth-order valence-electron chi connectivity index (χ4n) is 4.23. The molecule has 2 amide bonds. The number of hydrogen-bond acceptors (Lipinski definition) is 5. The van der Waals surface area contributed by atoms with Gasteiger partial charge in [-0.05, 0) is 49.8 Å². The lowest BCUT2D eigenvalue weighted by atomic mass is 9.86. The Morgan fingerprint density at radius 2 is 1.91 bits per heavy atom. The molecule has 3 atom stereocenters. The third-order valence-electron chi connectivity index (χ3n) is 6.27. The summed E-state index contributed by atoms with van der Waals surface area (Å²) in [5, 5.41) is 16.4. The maximum absolute atomic E-state index is 12.9. The number of carbonyl (C=O) groups excluding carboxylic acids is 2. The molecule has 2 aromatic rings. The van der Waals surface area contributed by atoms with Gasteiger partial charge in [0.15, 0.2) is 11.0 Å². The predicted molar refractivity (Wildman–Crippen MR) is 137 cm³/mol. The highest BCUT2D eigenvalue weighted by Gasteiger charge is 2.27. The summed E-state index contributed by atoms with van der Waals surface area (Å²) in [6.07, 6.45) is 4.61. The minimum Gasteiger partial charge on any atom is -0.352 e. The second-order valence-corrected chi connectivity index (χ2v) is 10.9. The summed E-state index contributed by atoms with van der Waals surface area (Å²) in [7, 11) is 0. The SMILES string of the molecule is CCn1c(SCC(=O)N[C@@H]2CCCC[C@@H]2C)nnc1[C@H](NC(=O)c1ccc(Cl)c(Cl)c1)C(C)C. The summed E-state index contributed by atoms with van der Waals surface area (Å²) in [5.74, 6) is 1.27. The fraction of sp³-hybridized carbons (Fsp3) is 0.583. The van der Waals surface area contributed by atoms with E-state index in [4.69, 9.17) is 23.2 Å². The normalized spacial score (nSPS) is 19.1. The maximum atomic E-state index is 12.9. The van der Waals surface area contributed by atoms with Crippen molar-refractivity contribution in [2.75, 3.05) is 5.75 Å². The number of aromatic nitrogens is 3. The van der Waals surface area contributed by atoms with Crippen LogP contribution in [-0.4, -0.2) is 38.4 Å². The van der Waals surface area contributed by atoms with Gasteiger partial charge in [0.25, 0.3) is 5.91 Å². The van der Waals surface area contributed by atoms with E-state index < -0.39 is 0 Å². The Hall–Kier alpha value is -1.77. The van der Waals surface area contributed by atoms with Crippen LogP contribution in [0.2, 0.25) is 10.0 Å². The van der Waals surface area contributed by atoms with Crippen LogP contribution in [0.1, 0.15) is 75.6 Å². The van der Waals surface area contributed by atoms with Crippen molar-refractivity contribution in [1.82, 2.24) is 25.4 Å². The minimum absolute atomic E-state index is 0.0179. The number of hydrogen-bond donors (Lipinski definition) is 2. The quantitative estimate of drug-likeness (QED) is 0.420. The molecule has 3 rings (SSSR count). The van der Waals surface area contributed by atoms with Gasteiger partial charge >= 0.3 is 0 Å². The van der Waals surface area contributed by atoms with Gasteiger partial charge in [0.2, 0.25) is 5.91 Å². The molecule has 1 aliphatic rings. The average molecular weight is 527 g/mol. The summed E-state index contributed by atoms with van der Waals surface area (Å²) < 4.78 is 1.96. The molecule has 0 radical (unpaired) electrons. The standard InChI is InChI=1S/C24H33Cl2N5O2S/c1-5-31-22(21(14(2)3)28-23(33)16-10-11-17(25)18(26)12-16)29-30-24(31)34-13-20(32)27-19-9-7-6-8-15(19)4/h10-12,14-15,19,21H,5-9,13H2,1-4H3,(H,27,32)(H,28,33)/t15-,19+,21+/m0/s1. The van der Waals surface area contributed by atoms with Crippen molar-refractivity contribution in [3.63, 3.8) is 0 Å². The second kappa shape index (κ2) is 12.3. The van der Waals surface area contributed by atoms with Crippen LogP contribution in [0.4, 0.5) is 0 Å². The zero-order chi connectivity index (χ0) is 24.8. The van der Waals surface area contributed by atoms with Crippen LogP contribution in [-0.2, 0) is 11.3 Å². The largest absolute Gasteiger partial charge is 0.352 e. The lowest BCUT2D eigenvalue weighted by molar-refractivity contribution is -0.119. The zero-order valence-corrected chi connectivity index (χ0v) is 22.4. The molecule has 1 aromatic heterocycles. The molecule has 34 heavy (non-hydrogen) atoms. The van der Waals surface area contributed by atoms with Crippen molar-refractivity contribution in [2.24, 2.45) is 11.8 Å². The molecular weight excluding hydrogens is 493 g/mol. The van der Waals surface area contributed by atoms with E-state index in [1.807, 2.05) is 25.3 Å². The molecule has 0 saturated heterocycles. The Morgan fingerprint density at radius 1 is 1.18 bits per heavy atom. The van der Waals surface area contributed by atoms with Gasteiger partial charge in [-0.25, -0.2) is 0 Å². The molecule has 0 bridgehead atoms. The van der Waals surface area contributed by atoms with Crippen LogP contribution < -0.4 is 10.6 Å². The Labute approximate surface area is 215 Å². The summed E-state index contributed by atoms with van der Waals surface area (Å²) in [4.78, 5) is 25.5. The first-order chi connectivity index (χ1) is 16.2. The summed E-state index contributed by atoms with van der Waals surface area (Å²) in [5.41, 5.74) is 0.422. The molecule has 1 saturated carbocycles. The Morgan fingerprint density at radius 3 is 2.56 bits per heavy atom. The molecule has 7 nitrogen and oxygen atoms in total. The predicted octanol–water partition coefficient (Wildman–Crippen LogP) is 5.52. The van der Waals surface area contributed by atoms with Gasteiger partial charge < -0.3 is 15.2 Å². The van der Waals surface area contributed by atoms with Gasteiger partial charge in [-0.1, -0.05) is 68.6 Å². The number of halogens is 2. The first-order valence-electron chi connectivity index (χ1n) is 11.8. The Kier molecular flexibility index (Phi) is 9.68. The van der Waals surface area contributed by atoms with Gasteiger partial charge in [0.1, 0.15) is 0 Å². The van der Waals surface area contributed by atoms with Crippen LogP contribution >= 0.6 is 35.0 Å². The number of nitrogens with zero attached hydrogens (tertiary/aromatic N) is 3. The van der Waals surface area contributed by atoms with Crippen molar-refractivity contribution in [3.05, 3.63) is 39.6 Å². The smallest absolute Gasteiger partial charge is 0.251 e. The number of nitrogens with one attached hydrogen (secondary N) is 2. The van der Waals surface area contributed by atoms with Gasteiger partial charge in [0.05, 0.1) is 21.8 Å². The van der Waals surface area contributed by atoms with E-state index in [1.54, 1.807) is 18.2 Å². The Bertz CT molecular complexity index is 1010. The van der Waals surface area contributed by atoms with E-state index in [0.29, 0.717) is 39.1 Å². The van der Waals surface area contributed by atoms with Crippen LogP contribution in [0.25, 0.3) is 0 Å². The lowest BCUT2D eigenvalue weighted by Crippen LogP contribution is -2.41. The molecule has 1 heterocycles. The number of benzene rings is 1. The molecule has 1 aromatic carbocycles. The third-order valence-corrected chi connectivity index (χ3v) is 7.97. The topological polar surface area (TPSA) is 88.9 Å². The van der Waals surface area contributed by atoms with E-state index in [1.165, 1.54) is 24.6 Å². The fourth-order valence-corrected chi connectivity index (χ4v) is 5.35. The number of amides is 2. The van der Waals surface area contributed by atoms with Crippen LogP contribution in [0.3, 0.4) is 0 Å². The van der Waals surface area contributed by atoms with E-state index in [2.05, 4.69) is 27.8 Å². The van der Waals surface area contributed by atoms with E-state index in [9.17, 15) is 9.59 Å². The third kappa shape index (κ3) is 6.67. The monoisotopic (exact) mass is 525 g/mol. The van der Waals surface area contributed by atoms with Gasteiger partial charge in [-0.15, -0.1) is 10.2 Å². The van der Waals surface area contributed by atoms with Crippen molar-refractivity contribution in [1.29, 1.82) is 0 Å². The zero-order valence-electron chi connectivity index (χ0n) is 20.1. The van der Waals surface area contributed by atoms with E-state index in [0.717, 1.165) is 12.8 Å². The highest BCUT2D eigenvalue weighted by molar-refractivity contribution is 7.99. The van der Waals surface area contributed by atoms with Gasteiger partial charge in [-0.2, -0.15) is 0 Å².